The van der Waals surface area contributed by atoms with E-state index in [1.807, 2.05) is 0 Å². The first-order valence-electron chi connectivity index (χ1n) is 6.51. The Morgan fingerprint density at radius 3 is 2.68 bits per heavy atom. The topological polar surface area (TPSA) is 75.7 Å². The van der Waals surface area contributed by atoms with Crippen LogP contribution >= 0.6 is 23.4 Å². The second kappa shape index (κ2) is 7.51. The summed E-state index contributed by atoms with van der Waals surface area (Å²) in [4.78, 5) is 37.1. The van der Waals surface area contributed by atoms with Gasteiger partial charge in [0.05, 0.1) is 13.0 Å². The zero-order chi connectivity index (χ0) is 16.1. The van der Waals surface area contributed by atoms with Crippen LogP contribution in [0.15, 0.2) is 24.3 Å². The molecule has 1 aliphatic rings. The second-order valence-corrected chi connectivity index (χ2v) is 6.03. The van der Waals surface area contributed by atoms with Crippen molar-refractivity contribution in [3.05, 3.63) is 34.9 Å². The first-order chi connectivity index (χ1) is 10.5. The Bertz CT molecular complexity index is 579. The molecule has 0 spiro atoms. The van der Waals surface area contributed by atoms with Gasteiger partial charge in [0.2, 0.25) is 5.91 Å². The Morgan fingerprint density at radius 1 is 1.36 bits per heavy atom. The summed E-state index contributed by atoms with van der Waals surface area (Å²) in [6.07, 6.45) is 0. The molecule has 0 radical (unpaired) electrons. The van der Waals surface area contributed by atoms with Gasteiger partial charge in [-0.1, -0.05) is 11.6 Å². The number of nitrogens with one attached hydrogen (secondary N) is 1. The van der Waals surface area contributed by atoms with Gasteiger partial charge in [-0.2, -0.15) is 0 Å². The molecule has 0 aromatic heterocycles. The largest absolute Gasteiger partial charge is 0.468 e. The summed E-state index contributed by atoms with van der Waals surface area (Å²) in [6, 6.07) is 5.90. The maximum atomic E-state index is 12.5. The Labute approximate surface area is 137 Å². The molecular formula is C14H15ClN2O4S. The number of hydrogen-bond donors (Lipinski definition) is 1. The van der Waals surface area contributed by atoms with E-state index >= 15 is 0 Å². The number of rotatable bonds is 4. The average molecular weight is 343 g/mol. The number of ether oxygens (including phenoxy) is 1. The molecule has 22 heavy (non-hydrogen) atoms. The predicted octanol–water partition coefficient (Wildman–Crippen LogP) is 1.14. The minimum absolute atomic E-state index is 0.209. The number of nitrogens with zero attached hydrogens (tertiary/aromatic N) is 1. The zero-order valence-electron chi connectivity index (χ0n) is 11.9. The van der Waals surface area contributed by atoms with E-state index in [2.05, 4.69) is 10.1 Å². The molecule has 0 bridgehead atoms. The molecule has 0 aliphatic carbocycles. The van der Waals surface area contributed by atoms with Crippen LogP contribution in [0.3, 0.4) is 0 Å². The van der Waals surface area contributed by atoms with E-state index < -0.39 is 12.0 Å². The van der Waals surface area contributed by atoms with Gasteiger partial charge in [0.15, 0.2) is 0 Å². The van der Waals surface area contributed by atoms with E-state index in [-0.39, 0.29) is 18.4 Å². The Balaban J connectivity index is 2.03. The maximum absolute atomic E-state index is 12.5. The van der Waals surface area contributed by atoms with Crippen LogP contribution in [0, 0.1) is 0 Å². The highest BCUT2D eigenvalue weighted by Crippen LogP contribution is 2.23. The third kappa shape index (κ3) is 3.92. The van der Waals surface area contributed by atoms with Crippen LogP contribution in [0.1, 0.15) is 10.4 Å². The smallest absolute Gasteiger partial charge is 0.325 e. The van der Waals surface area contributed by atoms with Crippen molar-refractivity contribution in [2.75, 3.05) is 25.3 Å². The summed E-state index contributed by atoms with van der Waals surface area (Å²) in [6.45, 7) is -0.209. The first-order valence-corrected chi connectivity index (χ1v) is 8.05. The number of methoxy groups -OCH3 is 1. The van der Waals surface area contributed by atoms with Gasteiger partial charge < -0.3 is 15.0 Å². The molecule has 1 aromatic carbocycles. The average Bonchev–Trinajstić information content (AvgIpc) is 3.01. The number of carbonyl (C=O) groups excluding carboxylic acids is 3. The van der Waals surface area contributed by atoms with Crippen LogP contribution in [0.2, 0.25) is 5.02 Å². The molecule has 2 amide bonds. The lowest BCUT2D eigenvalue weighted by Gasteiger charge is -2.23. The van der Waals surface area contributed by atoms with Gasteiger partial charge in [0, 0.05) is 16.3 Å². The standard InChI is InChI=1S/C14H15ClN2O4S/c1-21-12(18)6-16-13(19)11-7-22-8-17(11)14(20)9-2-4-10(15)5-3-9/h2-5,11H,6-8H2,1H3,(H,16,19)/t11-/m0/s1. The molecule has 2 rings (SSSR count). The predicted molar refractivity (Wildman–Crippen MR) is 83.8 cm³/mol. The Morgan fingerprint density at radius 2 is 2.05 bits per heavy atom. The monoisotopic (exact) mass is 342 g/mol. The molecule has 6 nitrogen and oxygen atoms in total. The van der Waals surface area contributed by atoms with Gasteiger partial charge in [0.25, 0.3) is 5.91 Å². The molecule has 1 saturated heterocycles. The molecule has 1 N–H and O–H groups in total. The van der Waals surface area contributed by atoms with Crippen molar-refractivity contribution in [2.24, 2.45) is 0 Å². The lowest BCUT2D eigenvalue weighted by Crippen LogP contribution is -2.48. The van der Waals surface area contributed by atoms with Gasteiger partial charge in [-0.3, -0.25) is 14.4 Å². The van der Waals surface area contributed by atoms with E-state index in [0.717, 1.165) is 0 Å². The summed E-state index contributed by atoms with van der Waals surface area (Å²) >= 11 is 7.29. The summed E-state index contributed by atoms with van der Waals surface area (Å²) in [5.74, 6) is -0.212. The minimum atomic E-state index is -0.599. The van der Waals surface area contributed by atoms with Crippen molar-refractivity contribution >= 4 is 41.1 Å². The number of amides is 2. The molecule has 1 heterocycles. The lowest BCUT2D eigenvalue weighted by atomic mass is 10.1. The van der Waals surface area contributed by atoms with Gasteiger partial charge in [-0.25, -0.2) is 0 Å². The number of esters is 1. The molecule has 1 fully saturated rings. The molecule has 0 saturated carbocycles. The lowest BCUT2D eigenvalue weighted by molar-refractivity contribution is -0.141. The fourth-order valence-electron chi connectivity index (χ4n) is 1.97. The van der Waals surface area contributed by atoms with Crippen molar-refractivity contribution in [3.63, 3.8) is 0 Å². The number of thioether (sulfide) groups is 1. The maximum Gasteiger partial charge on any atom is 0.325 e. The van der Waals surface area contributed by atoms with Gasteiger partial charge in [-0.05, 0) is 24.3 Å². The highest BCUT2D eigenvalue weighted by atomic mass is 35.5. The summed E-state index contributed by atoms with van der Waals surface area (Å²) in [7, 11) is 1.25. The van der Waals surface area contributed by atoms with E-state index in [4.69, 9.17) is 11.6 Å². The van der Waals surface area contributed by atoms with Crippen LogP contribution < -0.4 is 5.32 Å². The number of carbonyl (C=O) groups is 3. The molecule has 8 heteroatoms. The van der Waals surface area contributed by atoms with E-state index in [0.29, 0.717) is 22.2 Å². The first kappa shape index (κ1) is 16.6. The molecule has 1 aromatic rings. The quantitative estimate of drug-likeness (QED) is 0.831. The Kier molecular flexibility index (Phi) is 5.68. The van der Waals surface area contributed by atoms with Crippen molar-refractivity contribution in [1.82, 2.24) is 10.2 Å². The van der Waals surface area contributed by atoms with Crippen LogP contribution in [0.4, 0.5) is 0 Å². The van der Waals surface area contributed by atoms with Gasteiger partial charge in [-0.15, -0.1) is 11.8 Å². The van der Waals surface area contributed by atoms with E-state index in [1.165, 1.54) is 23.8 Å². The van der Waals surface area contributed by atoms with Crippen LogP contribution in [0.25, 0.3) is 0 Å². The fourth-order valence-corrected chi connectivity index (χ4v) is 3.25. The number of halogens is 1. The van der Waals surface area contributed by atoms with Crippen molar-refractivity contribution in [2.45, 2.75) is 6.04 Å². The molecule has 118 valence electrons. The molecule has 1 aliphatic heterocycles. The van der Waals surface area contributed by atoms with E-state index in [9.17, 15) is 14.4 Å². The van der Waals surface area contributed by atoms with Crippen LogP contribution in [-0.2, 0) is 14.3 Å². The van der Waals surface area contributed by atoms with Gasteiger partial charge in [0.1, 0.15) is 12.6 Å². The highest BCUT2D eigenvalue weighted by Gasteiger charge is 2.35. The van der Waals surface area contributed by atoms with Gasteiger partial charge >= 0.3 is 5.97 Å². The van der Waals surface area contributed by atoms with Crippen LogP contribution in [-0.4, -0.2) is 54.0 Å². The zero-order valence-corrected chi connectivity index (χ0v) is 13.4. The third-order valence-corrected chi connectivity index (χ3v) is 4.44. The highest BCUT2D eigenvalue weighted by molar-refractivity contribution is 7.99. The molecular weight excluding hydrogens is 328 g/mol. The second-order valence-electron chi connectivity index (χ2n) is 4.59. The Hall–Kier alpha value is -1.73. The SMILES string of the molecule is COC(=O)CNC(=O)[C@@H]1CSCN1C(=O)c1ccc(Cl)cc1. The van der Waals surface area contributed by atoms with Crippen molar-refractivity contribution in [1.29, 1.82) is 0 Å². The molecule has 1 atom stereocenters. The summed E-state index contributed by atoms with van der Waals surface area (Å²) < 4.78 is 4.47. The summed E-state index contributed by atoms with van der Waals surface area (Å²) in [5, 5.41) is 3.02. The molecule has 0 unspecified atom stereocenters. The normalized spacial score (nSPS) is 17.2. The summed E-state index contributed by atoms with van der Waals surface area (Å²) in [5.41, 5.74) is 0.470. The minimum Gasteiger partial charge on any atom is -0.468 e. The third-order valence-electron chi connectivity index (χ3n) is 3.17. The van der Waals surface area contributed by atoms with Crippen molar-refractivity contribution < 1.29 is 19.1 Å². The number of hydrogen-bond acceptors (Lipinski definition) is 5. The fraction of sp³-hybridized carbons (Fsp3) is 0.357. The van der Waals surface area contributed by atoms with Crippen molar-refractivity contribution in [3.8, 4) is 0 Å². The van der Waals surface area contributed by atoms with Crippen LogP contribution in [0.5, 0.6) is 0 Å². The number of benzene rings is 1. The van der Waals surface area contributed by atoms with E-state index in [1.54, 1.807) is 24.3 Å².